The first kappa shape index (κ1) is 21.5. The SMILES string of the molecule is COc1c([C@@H](CC(C)C)OC(C)=O)ccc2c1C(=O)OCc1cc(C)cc(O)c1O2. The van der Waals surface area contributed by atoms with Crippen molar-refractivity contribution in [3.05, 3.63) is 46.5 Å². The fourth-order valence-corrected chi connectivity index (χ4v) is 3.58. The number of phenols is 1. The van der Waals surface area contributed by atoms with Crippen LogP contribution in [0.1, 0.15) is 60.3 Å². The Balaban J connectivity index is 2.15. The number of cyclic esters (lactones) is 1. The Morgan fingerprint density at radius 1 is 1.27 bits per heavy atom. The molecule has 0 aromatic heterocycles. The van der Waals surface area contributed by atoms with Crippen molar-refractivity contribution in [1.82, 2.24) is 0 Å². The minimum Gasteiger partial charge on any atom is -0.504 e. The molecule has 7 heteroatoms. The average Bonchev–Trinajstić information content (AvgIpc) is 2.65. The van der Waals surface area contributed by atoms with Gasteiger partial charge in [-0.2, -0.15) is 0 Å². The van der Waals surface area contributed by atoms with E-state index in [1.165, 1.54) is 14.0 Å². The zero-order valence-electron chi connectivity index (χ0n) is 17.8. The maximum absolute atomic E-state index is 12.9. The summed E-state index contributed by atoms with van der Waals surface area (Å²) in [6, 6.07) is 6.66. The highest BCUT2D eigenvalue weighted by molar-refractivity contribution is 5.96. The Hall–Kier alpha value is -3.22. The Morgan fingerprint density at radius 3 is 2.63 bits per heavy atom. The van der Waals surface area contributed by atoms with Gasteiger partial charge >= 0.3 is 11.9 Å². The normalized spacial score (nSPS) is 13.9. The minimum atomic E-state index is -0.624. The number of ether oxygens (including phenoxy) is 4. The number of esters is 2. The largest absolute Gasteiger partial charge is 0.504 e. The standard InChI is InChI=1S/C23H26O7/c1-12(2)8-19(29-14(4)24)16-6-7-18-20(22(16)27-5)23(26)28-11-15-9-13(3)10-17(25)21(15)30-18/h6-7,9-10,12,19,25H,8,11H2,1-5H3/t19-/m1/s1. The number of phenolic OH excluding ortho intramolecular Hbond substituents is 1. The third-order valence-corrected chi connectivity index (χ3v) is 4.76. The number of hydrogen-bond acceptors (Lipinski definition) is 7. The van der Waals surface area contributed by atoms with E-state index in [1.54, 1.807) is 24.3 Å². The summed E-state index contributed by atoms with van der Waals surface area (Å²) in [6.45, 7) is 7.13. The second-order valence-electron chi connectivity index (χ2n) is 7.74. The van der Waals surface area contributed by atoms with Crippen LogP contribution < -0.4 is 9.47 Å². The molecule has 0 saturated carbocycles. The van der Waals surface area contributed by atoms with Crippen LogP contribution >= 0.6 is 0 Å². The molecule has 30 heavy (non-hydrogen) atoms. The molecule has 0 spiro atoms. The van der Waals surface area contributed by atoms with Gasteiger partial charge in [0, 0.05) is 18.1 Å². The van der Waals surface area contributed by atoms with Crippen LogP contribution in [-0.2, 0) is 20.9 Å². The molecule has 0 amide bonds. The molecule has 2 aromatic carbocycles. The van der Waals surface area contributed by atoms with Gasteiger partial charge in [-0.15, -0.1) is 0 Å². The molecule has 0 fully saturated rings. The van der Waals surface area contributed by atoms with E-state index in [-0.39, 0.29) is 41.1 Å². The highest BCUT2D eigenvalue weighted by Gasteiger charge is 2.31. The van der Waals surface area contributed by atoms with E-state index in [9.17, 15) is 14.7 Å². The van der Waals surface area contributed by atoms with Crippen molar-refractivity contribution in [2.75, 3.05) is 7.11 Å². The Labute approximate surface area is 175 Å². The molecular formula is C23H26O7. The van der Waals surface area contributed by atoms with Gasteiger partial charge in [-0.05, 0) is 49.1 Å². The van der Waals surface area contributed by atoms with Gasteiger partial charge in [0.05, 0.1) is 7.11 Å². The minimum absolute atomic E-state index is 0.0467. The molecule has 0 unspecified atom stereocenters. The van der Waals surface area contributed by atoms with Crippen molar-refractivity contribution >= 4 is 11.9 Å². The van der Waals surface area contributed by atoms with E-state index in [2.05, 4.69) is 0 Å². The van der Waals surface area contributed by atoms with E-state index in [0.29, 0.717) is 17.5 Å². The number of rotatable bonds is 5. The van der Waals surface area contributed by atoms with E-state index < -0.39 is 18.0 Å². The zero-order chi connectivity index (χ0) is 22.0. The van der Waals surface area contributed by atoms with Crippen LogP contribution in [0.25, 0.3) is 0 Å². The number of methoxy groups -OCH3 is 1. The summed E-state index contributed by atoms with van der Waals surface area (Å²) in [5.74, 6) is -0.232. The predicted molar refractivity (Wildman–Crippen MR) is 109 cm³/mol. The van der Waals surface area contributed by atoms with Gasteiger partial charge in [-0.3, -0.25) is 4.79 Å². The van der Waals surface area contributed by atoms with Crippen molar-refractivity contribution in [3.8, 4) is 23.0 Å². The van der Waals surface area contributed by atoms with Crippen LogP contribution in [-0.4, -0.2) is 24.2 Å². The topological polar surface area (TPSA) is 91.3 Å². The number of fused-ring (bicyclic) bond motifs is 2. The quantitative estimate of drug-likeness (QED) is 0.701. The van der Waals surface area contributed by atoms with Crippen LogP contribution in [0.15, 0.2) is 24.3 Å². The molecule has 3 rings (SSSR count). The summed E-state index contributed by atoms with van der Waals surface area (Å²) in [7, 11) is 1.43. The molecule has 1 aliphatic heterocycles. The summed E-state index contributed by atoms with van der Waals surface area (Å²) in [5, 5.41) is 10.4. The Bertz CT molecular complexity index is 978. The summed E-state index contributed by atoms with van der Waals surface area (Å²) < 4.78 is 22.5. The van der Waals surface area contributed by atoms with Gasteiger partial charge in [0.1, 0.15) is 29.8 Å². The van der Waals surface area contributed by atoms with E-state index >= 15 is 0 Å². The second-order valence-corrected chi connectivity index (χ2v) is 7.74. The lowest BCUT2D eigenvalue weighted by molar-refractivity contribution is -0.147. The first-order valence-electron chi connectivity index (χ1n) is 9.76. The van der Waals surface area contributed by atoms with Crippen molar-refractivity contribution in [3.63, 3.8) is 0 Å². The lowest BCUT2D eigenvalue weighted by Gasteiger charge is -2.25. The van der Waals surface area contributed by atoms with Gasteiger partial charge in [0.15, 0.2) is 11.5 Å². The lowest BCUT2D eigenvalue weighted by atomic mass is 9.96. The average molecular weight is 414 g/mol. The number of aromatic hydroxyl groups is 1. The Kier molecular flexibility index (Phi) is 6.20. The lowest BCUT2D eigenvalue weighted by Crippen LogP contribution is -2.17. The molecule has 1 atom stereocenters. The first-order valence-corrected chi connectivity index (χ1v) is 9.76. The molecule has 7 nitrogen and oxygen atoms in total. The maximum atomic E-state index is 12.9. The Morgan fingerprint density at radius 2 is 2.00 bits per heavy atom. The van der Waals surface area contributed by atoms with Crippen molar-refractivity contribution in [2.24, 2.45) is 5.92 Å². The van der Waals surface area contributed by atoms with Crippen LogP contribution in [0.3, 0.4) is 0 Å². The van der Waals surface area contributed by atoms with E-state index in [4.69, 9.17) is 18.9 Å². The predicted octanol–water partition coefficient (Wildman–Crippen LogP) is 4.82. The molecule has 1 N–H and O–H groups in total. The van der Waals surface area contributed by atoms with Crippen LogP contribution in [0, 0.1) is 12.8 Å². The molecule has 2 aromatic rings. The second kappa shape index (κ2) is 8.65. The third kappa shape index (κ3) is 4.35. The van der Waals surface area contributed by atoms with E-state index in [1.807, 2.05) is 20.8 Å². The molecule has 0 saturated heterocycles. The van der Waals surface area contributed by atoms with Crippen LogP contribution in [0.4, 0.5) is 0 Å². The van der Waals surface area contributed by atoms with Gasteiger partial charge in [0.2, 0.25) is 0 Å². The summed E-state index contributed by atoms with van der Waals surface area (Å²) >= 11 is 0. The van der Waals surface area contributed by atoms with Gasteiger partial charge < -0.3 is 24.1 Å². The zero-order valence-corrected chi connectivity index (χ0v) is 17.8. The maximum Gasteiger partial charge on any atom is 0.346 e. The van der Waals surface area contributed by atoms with Crippen LogP contribution in [0.2, 0.25) is 0 Å². The molecule has 1 heterocycles. The highest BCUT2D eigenvalue weighted by Crippen LogP contribution is 2.44. The fraction of sp³-hybridized carbons (Fsp3) is 0.391. The number of aryl methyl sites for hydroxylation is 1. The van der Waals surface area contributed by atoms with Gasteiger partial charge in [-0.25, -0.2) is 4.79 Å². The number of carbonyl (C=O) groups excluding carboxylic acids is 2. The van der Waals surface area contributed by atoms with Crippen molar-refractivity contribution in [1.29, 1.82) is 0 Å². The van der Waals surface area contributed by atoms with Crippen molar-refractivity contribution < 1.29 is 33.6 Å². The third-order valence-electron chi connectivity index (χ3n) is 4.76. The summed E-state index contributed by atoms with van der Waals surface area (Å²) in [6.07, 6.45) is -0.0441. The smallest absolute Gasteiger partial charge is 0.346 e. The van der Waals surface area contributed by atoms with Gasteiger partial charge in [-0.1, -0.05) is 13.8 Å². The summed E-state index contributed by atoms with van der Waals surface area (Å²) in [5.41, 5.74) is 2.01. The monoisotopic (exact) mass is 414 g/mol. The van der Waals surface area contributed by atoms with Crippen molar-refractivity contribution in [2.45, 2.75) is 46.8 Å². The van der Waals surface area contributed by atoms with E-state index in [0.717, 1.165) is 5.56 Å². The van der Waals surface area contributed by atoms with Gasteiger partial charge in [0.25, 0.3) is 0 Å². The highest BCUT2D eigenvalue weighted by atomic mass is 16.6. The number of carbonyl (C=O) groups is 2. The number of hydrogen-bond donors (Lipinski definition) is 1. The first-order chi connectivity index (χ1) is 14.2. The molecule has 1 aliphatic rings. The molecule has 160 valence electrons. The summed E-state index contributed by atoms with van der Waals surface area (Å²) in [4.78, 5) is 24.5. The molecule has 0 bridgehead atoms. The molecule has 0 aliphatic carbocycles. The molecule has 0 radical (unpaired) electrons. The number of benzene rings is 2. The van der Waals surface area contributed by atoms with Crippen LogP contribution in [0.5, 0.6) is 23.0 Å². The molecular weight excluding hydrogens is 388 g/mol. The fourth-order valence-electron chi connectivity index (χ4n) is 3.58.